The number of hydrogen-bond acceptors (Lipinski definition) is 6. The van der Waals surface area contributed by atoms with Crippen molar-refractivity contribution in [3.63, 3.8) is 0 Å². The van der Waals surface area contributed by atoms with Gasteiger partial charge in [0.1, 0.15) is 0 Å². The van der Waals surface area contributed by atoms with Crippen molar-refractivity contribution in [2.24, 2.45) is 5.92 Å². The second-order valence-electron chi connectivity index (χ2n) is 14.6. The molecule has 1 aliphatic carbocycles. The molecule has 1 saturated carbocycles. The number of carboxylic acid groups (broad SMARTS) is 1. The molecule has 0 aromatic carbocycles. The fraction of sp³-hybridized carbons (Fsp3) is 0.949. The Balaban J connectivity index is 2.39. The number of likely N-dealkylation sites (N-methyl/N-ethyl adjacent to an activating group) is 1. The Hall–Kier alpha value is -1.18. The first kappa shape index (κ1) is 42.8. The van der Waals surface area contributed by atoms with Gasteiger partial charge < -0.3 is 19.6 Å². The average Bonchev–Trinajstić information content (AvgIpc) is 2.99. The van der Waals surface area contributed by atoms with E-state index in [0.717, 1.165) is 83.8 Å². The Labute approximate surface area is 285 Å². The molecule has 46 heavy (non-hydrogen) atoms. The Kier molecular flexibility index (Phi) is 27.9. The van der Waals surface area contributed by atoms with Gasteiger partial charge in [0, 0.05) is 32.0 Å². The van der Waals surface area contributed by atoms with Crippen LogP contribution in [-0.2, 0) is 14.3 Å². The highest BCUT2D eigenvalue weighted by Gasteiger charge is 2.24. The number of nitrogens with zero attached hydrogens (tertiary/aromatic N) is 3. The van der Waals surface area contributed by atoms with E-state index in [1.165, 1.54) is 103 Å². The highest BCUT2D eigenvalue weighted by atomic mass is 16.5. The van der Waals surface area contributed by atoms with Crippen LogP contribution < -0.4 is 0 Å². The molecule has 7 nitrogen and oxygen atoms in total. The Morgan fingerprint density at radius 1 is 0.652 bits per heavy atom. The lowest BCUT2D eigenvalue weighted by molar-refractivity contribution is -0.145. The molecule has 0 radical (unpaired) electrons. The Morgan fingerprint density at radius 2 is 1.20 bits per heavy atom. The van der Waals surface area contributed by atoms with Crippen molar-refractivity contribution in [1.82, 2.24) is 14.7 Å². The molecule has 0 spiro atoms. The number of carboxylic acids is 1. The van der Waals surface area contributed by atoms with E-state index < -0.39 is 5.97 Å². The van der Waals surface area contributed by atoms with E-state index in [1.807, 2.05) is 0 Å². The van der Waals surface area contributed by atoms with Crippen molar-refractivity contribution in [3.05, 3.63) is 0 Å². The first-order valence-corrected chi connectivity index (χ1v) is 19.8. The molecular formula is C39H77N3O4. The third kappa shape index (κ3) is 24.9. The topological polar surface area (TPSA) is 73.3 Å². The molecule has 0 aromatic heterocycles. The first-order chi connectivity index (χ1) is 22.3. The second-order valence-corrected chi connectivity index (χ2v) is 14.6. The minimum absolute atomic E-state index is 0.00870. The van der Waals surface area contributed by atoms with Gasteiger partial charge in [-0.25, -0.2) is 0 Å². The summed E-state index contributed by atoms with van der Waals surface area (Å²) >= 11 is 0. The number of unbranched alkanes of at least 4 members (excludes halogenated alkanes) is 12. The number of hydrogen-bond donors (Lipinski definition) is 1. The van der Waals surface area contributed by atoms with Crippen molar-refractivity contribution in [3.8, 4) is 0 Å². The molecule has 0 aliphatic heterocycles. The molecule has 1 aliphatic rings. The van der Waals surface area contributed by atoms with Crippen LogP contribution in [0, 0.1) is 5.92 Å². The number of ether oxygens (including phenoxy) is 1. The summed E-state index contributed by atoms with van der Waals surface area (Å²) in [5, 5.41) is 8.97. The minimum Gasteiger partial charge on any atom is -0.481 e. The van der Waals surface area contributed by atoms with Crippen LogP contribution >= 0.6 is 0 Å². The zero-order valence-corrected chi connectivity index (χ0v) is 31.1. The van der Waals surface area contributed by atoms with Crippen LogP contribution in [0.3, 0.4) is 0 Å². The first-order valence-electron chi connectivity index (χ1n) is 19.8. The average molecular weight is 652 g/mol. The quantitative estimate of drug-likeness (QED) is 0.0549. The SMILES string of the molecule is CCCCCCCCC(CCCCCC)COC(=O)CCCCCN(CCCCCC(=O)O)CCCN(CCN(C)C)C1CCC1. The van der Waals surface area contributed by atoms with Crippen molar-refractivity contribution >= 4 is 11.9 Å². The van der Waals surface area contributed by atoms with Crippen LogP contribution in [0.15, 0.2) is 0 Å². The Bertz CT molecular complexity index is 715. The van der Waals surface area contributed by atoms with Gasteiger partial charge in [-0.15, -0.1) is 0 Å². The van der Waals surface area contributed by atoms with Gasteiger partial charge in [0.15, 0.2) is 0 Å². The molecule has 272 valence electrons. The third-order valence-corrected chi connectivity index (χ3v) is 9.98. The molecule has 1 rings (SSSR count). The van der Waals surface area contributed by atoms with Crippen molar-refractivity contribution < 1.29 is 19.4 Å². The van der Waals surface area contributed by atoms with Gasteiger partial charge in [0.2, 0.25) is 0 Å². The monoisotopic (exact) mass is 652 g/mol. The summed E-state index contributed by atoms with van der Waals surface area (Å²) in [7, 11) is 4.32. The van der Waals surface area contributed by atoms with Crippen LogP contribution in [0.2, 0.25) is 0 Å². The van der Waals surface area contributed by atoms with E-state index in [0.29, 0.717) is 18.9 Å². The van der Waals surface area contributed by atoms with Crippen LogP contribution in [0.25, 0.3) is 0 Å². The molecular weight excluding hydrogens is 574 g/mol. The third-order valence-electron chi connectivity index (χ3n) is 9.98. The van der Waals surface area contributed by atoms with Gasteiger partial charge in [-0.1, -0.05) is 97.3 Å². The van der Waals surface area contributed by atoms with Gasteiger partial charge >= 0.3 is 11.9 Å². The number of carbonyl (C=O) groups excluding carboxylic acids is 1. The van der Waals surface area contributed by atoms with E-state index in [4.69, 9.17) is 9.84 Å². The molecule has 1 fully saturated rings. The lowest BCUT2D eigenvalue weighted by Crippen LogP contribution is -2.44. The maximum absolute atomic E-state index is 12.6. The van der Waals surface area contributed by atoms with Gasteiger partial charge in [-0.2, -0.15) is 0 Å². The molecule has 7 heteroatoms. The lowest BCUT2D eigenvalue weighted by atomic mass is 9.91. The van der Waals surface area contributed by atoms with E-state index >= 15 is 0 Å². The van der Waals surface area contributed by atoms with E-state index in [2.05, 4.69) is 42.6 Å². The van der Waals surface area contributed by atoms with Crippen LogP contribution in [-0.4, -0.2) is 97.8 Å². The predicted molar refractivity (Wildman–Crippen MR) is 195 cm³/mol. The molecule has 0 heterocycles. The number of carbonyl (C=O) groups is 2. The Morgan fingerprint density at radius 3 is 1.76 bits per heavy atom. The van der Waals surface area contributed by atoms with Gasteiger partial charge in [0.25, 0.3) is 0 Å². The van der Waals surface area contributed by atoms with Crippen molar-refractivity contribution in [2.45, 2.75) is 174 Å². The smallest absolute Gasteiger partial charge is 0.305 e. The predicted octanol–water partition coefficient (Wildman–Crippen LogP) is 9.18. The minimum atomic E-state index is -0.690. The number of esters is 1. The van der Waals surface area contributed by atoms with E-state index in [1.54, 1.807) is 0 Å². The fourth-order valence-corrected chi connectivity index (χ4v) is 6.63. The van der Waals surface area contributed by atoms with E-state index in [-0.39, 0.29) is 12.4 Å². The van der Waals surface area contributed by atoms with Crippen molar-refractivity contribution in [1.29, 1.82) is 0 Å². The largest absolute Gasteiger partial charge is 0.481 e. The van der Waals surface area contributed by atoms with Crippen LogP contribution in [0.4, 0.5) is 0 Å². The maximum Gasteiger partial charge on any atom is 0.305 e. The summed E-state index contributed by atoms with van der Waals surface area (Å²) in [5.41, 5.74) is 0. The normalized spacial score (nSPS) is 14.3. The number of aliphatic carboxylic acids is 1. The molecule has 0 aromatic rings. The van der Waals surface area contributed by atoms with Crippen molar-refractivity contribution in [2.75, 3.05) is 60.0 Å². The molecule has 0 saturated heterocycles. The standard InChI is InChI=1S/C39H77N3O4/c1-5-7-9-11-12-16-24-36(23-15-10-8-6-2)35-46-39(45)28-18-14-20-30-41(29-19-13-17-27-38(43)44)31-22-32-42(34-33-40(3)4)37-25-21-26-37/h36-37H,5-35H2,1-4H3,(H,43,44). The zero-order valence-electron chi connectivity index (χ0n) is 31.1. The van der Waals surface area contributed by atoms with Gasteiger partial charge in [0.05, 0.1) is 6.61 Å². The molecule has 0 bridgehead atoms. The van der Waals surface area contributed by atoms with Gasteiger partial charge in [-0.3, -0.25) is 14.5 Å². The zero-order chi connectivity index (χ0) is 33.7. The highest BCUT2D eigenvalue weighted by molar-refractivity contribution is 5.69. The lowest BCUT2D eigenvalue weighted by Gasteiger charge is -2.38. The van der Waals surface area contributed by atoms with Crippen LogP contribution in [0.5, 0.6) is 0 Å². The molecule has 1 unspecified atom stereocenters. The maximum atomic E-state index is 12.6. The molecule has 1 atom stereocenters. The number of rotatable bonds is 34. The van der Waals surface area contributed by atoms with Gasteiger partial charge in [-0.05, 0) is 104 Å². The summed E-state index contributed by atoms with van der Waals surface area (Å²) in [6, 6.07) is 0.774. The highest BCUT2D eigenvalue weighted by Crippen LogP contribution is 2.25. The van der Waals surface area contributed by atoms with E-state index in [9.17, 15) is 9.59 Å². The second kappa shape index (κ2) is 29.9. The summed E-state index contributed by atoms with van der Waals surface area (Å²) in [5.74, 6) is -0.172. The summed E-state index contributed by atoms with van der Waals surface area (Å²) < 4.78 is 5.82. The summed E-state index contributed by atoms with van der Waals surface area (Å²) in [4.78, 5) is 31.1. The summed E-state index contributed by atoms with van der Waals surface area (Å²) in [6.45, 7) is 11.8. The molecule has 1 N–H and O–H groups in total. The fourth-order valence-electron chi connectivity index (χ4n) is 6.63. The molecule has 0 amide bonds. The van der Waals surface area contributed by atoms with Crippen LogP contribution in [0.1, 0.15) is 168 Å². The summed E-state index contributed by atoms with van der Waals surface area (Å²) in [6.07, 6.45) is 27.4.